The lowest BCUT2D eigenvalue weighted by Crippen LogP contribution is -2.21. The number of thioether (sulfide) groups is 1. The molecule has 4 nitrogen and oxygen atoms in total. The van der Waals surface area contributed by atoms with Gasteiger partial charge in [-0.2, -0.15) is 5.10 Å². The highest BCUT2D eigenvalue weighted by molar-refractivity contribution is 8.01. The van der Waals surface area contributed by atoms with Crippen LogP contribution in [0.25, 0.3) is 10.2 Å². The summed E-state index contributed by atoms with van der Waals surface area (Å²) in [4.78, 5) is 16.2. The fourth-order valence-electron chi connectivity index (χ4n) is 1.62. The van der Waals surface area contributed by atoms with Crippen LogP contribution in [0.1, 0.15) is 26.7 Å². The Morgan fingerprint density at radius 3 is 2.80 bits per heavy atom. The number of para-hydroxylation sites is 1. The minimum absolute atomic E-state index is 0.0892. The Hall–Kier alpha value is -1.40. The number of thiazole rings is 1. The molecular weight excluding hydrogens is 290 g/mol. The number of nitrogens with zero attached hydrogens (tertiary/aromatic N) is 2. The van der Waals surface area contributed by atoms with Crippen molar-refractivity contribution in [1.29, 1.82) is 0 Å². The predicted molar refractivity (Wildman–Crippen MR) is 86.5 cm³/mol. The lowest BCUT2D eigenvalue weighted by molar-refractivity contribution is -0.118. The minimum atomic E-state index is -0.0892. The van der Waals surface area contributed by atoms with Gasteiger partial charge in [-0.1, -0.05) is 37.7 Å². The van der Waals surface area contributed by atoms with Crippen LogP contribution < -0.4 is 5.43 Å². The van der Waals surface area contributed by atoms with Crippen molar-refractivity contribution in [2.45, 2.75) is 31.0 Å². The summed E-state index contributed by atoms with van der Waals surface area (Å²) in [6, 6.07) is 7.98. The number of carbonyl (C=O) groups excluding carboxylic acids is 1. The van der Waals surface area contributed by atoms with Crippen molar-refractivity contribution in [3.8, 4) is 0 Å². The molecule has 1 aromatic carbocycles. The van der Waals surface area contributed by atoms with Crippen molar-refractivity contribution in [3.05, 3.63) is 24.3 Å². The Bertz CT molecular complexity index is 583. The third-order valence-corrected chi connectivity index (χ3v) is 4.94. The van der Waals surface area contributed by atoms with E-state index in [1.807, 2.05) is 38.1 Å². The SMILES string of the molecule is CCC(CC)=NNC(=O)CSc1nc2ccccc2s1. The number of benzene rings is 1. The van der Waals surface area contributed by atoms with Gasteiger partial charge in [0.2, 0.25) is 0 Å². The van der Waals surface area contributed by atoms with Gasteiger partial charge in [0.25, 0.3) is 5.91 Å². The number of nitrogens with one attached hydrogen (secondary N) is 1. The smallest absolute Gasteiger partial charge is 0.250 e. The highest BCUT2D eigenvalue weighted by atomic mass is 32.2. The second kappa shape index (κ2) is 7.40. The molecule has 2 rings (SSSR count). The summed E-state index contributed by atoms with van der Waals surface area (Å²) in [6.45, 7) is 4.06. The van der Waals surface area contributed by atoms with Gasteiger partial charge in [0, 0.05) is 5.71 Å². The molecule has 0 unspecified atom stereocenters. The Kier molecular flexibility index (Phi) is 5.55. The highest BCUT2D eigenvalue weighted by Gasteiger charge is 2.07. The molecule has 0 fully saturated rings. The van der Waals surface area contributed by atoms with Crippen molar-refractivity contribution in [1.82, 2.24) is 10.4 Å². The fourth-order valence-corrected chi connectivity index (χ4v) is 3.48. The van der Waals surface area contributed by atoms with Crippen LogP contribution >= 0.6 is 23.1 Å². The van der Waals surface area contributed by atoms with E-state index in [-0.39, 0.29) is 5.91 Å². The molecular formula is C14H17N3OS2. The summed E-state index contributed by atoms with van der Waals surface area (Å²) >= 11 is 3.06. The molecule has 0 saturated carbocycles. The van der Waals surface area contributed by atoms with E-state index in [0.717, 1.165) is 33.1 Å². The van der Waals surface area contributed by atoms with Crippen molar-refractivity contribution in [2.24, 2.45) is 5.10 Å². The largest absolute Gasteiger partial charge is 0.272 e. The third kappa shape index (κ3) is 4.05. The molecule has 0 spiro atoms. The number of rotatable bonds is 6. The van der Waals surface area contributed by atoms with E-state index in [2.05, 4.69) is 15.5 Å². The van der Waals surface area contributed by atoms with E-state index in [0.29, 0.717) is 5.75 Å². The van der Waals surface area contributed by atoms with Crippen LogP contribution in [-0.4, -0.2) is 22.4 Å². The number of hydrogen-bond donors (Lipinski definition) is 1. The average molecular weight is 307 g/mol. The first-order valence-corrected chi connectivity index (χ1v) is 8.35. The first-order chi connectivity index (χ1) is 9.72. The van der Waals surface area contributed by atoms with Crippen molar-refractivity contribution in [3.63, 3.8) is 0 Å². The first kappa shape index (κ1) is 15.0. The molecule has 1 N–H and O–H groups in total. The minimum Gasteiger partial charge on any atom is -0.272 e. The Morgan fingerprint density at radius 1 is 1.35 bits per heavy atom. The molecule has 2 aromatic rings. The van der Waals surface area contributed by atoms with Crippen molar-refractivity contribution < 1.29 is 4.79 Å². The molecule has 0 saturated heterocycles. The van der Waals surface area contributed by atoms with Gasteiger partial charge >= 0.3 is 0 Å². The van der Waals surface area contributed by atoms with Gasteiger partial charge < -0.3 is 0 Å². The highest BCUT2D eigenvalue weighted by Crippen LogP contribution is 2.28. The maximum Gasteiger partial charge on any atom is 0.250 e. The molecule has 1 aromatic heterocycles. The average Bonchev–Trinajstić information content (AvgIpc) is 2.89. The van der Waals surface area contributed by atoms with Gasteiger partial charge in [-0.05, 0) is 25.0 Å². The first-order valence-electron chi connectivity index (χ1n) is 6.55. The van der Waals surface area contributed by atoms with Crippen LogP contribution in [-0.2, 0) is 4.79 Å². The monoisotopic (exact) mass is 307 g/mol. The topological polar surface area (TPSA) is 54.4 Å². The van der Waals surface area contributed by atoms with E-state index in [1.54, 1.807) is 11.3 Å². The van der Waals surface area contributed by atoms with E-state index >= 15 is 0 Å². The number of fused-ring (bicyclic) bond motifs is 1. The van der Waals surface area contributed by atoms with Crippen LogP contribution in [0.2, 0.25) is 0 Å². The maximum absolute atomic E-state index is 11.7. The Balaban J connectivity index is 1.88. The van der Waals surface area contributed by atoms with Crippen LogP contribution in [0.5, 0.6) is 0 Å². The number of carbonyl (C=O) groups is 1. The van der Waals surface area contributed by atoms with Crippen LogP contribution in [0.15, 0.2) is 33.7 Å². The van der Waals surface area contributed by atoms with Gasteiger partial charge in [0.15, 0.2) is 4.34 Å². The molecule has 1 heterocycles. The van der Waals surface area contributed by atoms with Crippen molar-refractivity contribution in [2.75, 3.05) is 5.75 Å². The molecule has 0 aliphatic carbocycles. The molecule has 0 aliphatic heterocycles. The number of hydrazone groups is 1. The van der Waals surface area contributed by atoms with E-state index in [1.165, 1.54) is 11.8 Å². The quantitative estimate of drug-likeness (QED) is 0.503. The molecule has 6 heteroatoms. The Morgan fingerprint density at radius 2 is 2.10 bits per heavy atom. The fraction of sp³-hybridized carbons (Fsp3) is 0.357. The number of hydrogen-bond acceptors (Lipinski definition) is 5. The van der Waals surface area contributed by atoms with Gasteiger partial charge in [0.05, 0.1) is 16.0 Å². The molecule has 20 heavy (non-hydrogen) atoms. The van der Waals surface area contributed by atoms with E-state index in [4.69, 9.17) is 0 Å². The Labute approximate surface area is 126 Å². The van der Waals surface area contributed by atoms with Gasteiger partial charge in [-0.3, -0.25) is 4.79 Å². The second-order valence-corrected chi connectivity index (χ2v) is 6.41. The summed E-state index contributed by atoms with van der Waals surface area (Å²) in [5.74, 6) is 0.248. The summed E-state index contributed by atoms with van der Waals surface area (Å²) < 4.78 is 2.06. The van der Waals surface area contributed by atoms with Crippen molar-refractivity contribution >= 4 is 44.9 Å². The maximum atomic E-state index is 11.7. The molecule has 0 atom stereocenters. The van der Waals surface area contributed by atoms with Crippen LogP contribution in [0.4, 0.5) is 0 Å². The standard InChI is InChI=1S/C14H17N3OS2/c1-3-10(4-2)16-17-13(18)9-19-14-15-11-7-5-6-8-12(11)20-14/h5-8H,3-4,9H2,1-2H3,(H,17,18). The van der Waals surface area contributed by atoms with E-state index in [9.17, 15) is 4.79 Å². The molecule has 106 valence electrons. The van der Waals surface area contributed by atoms with Gasteiger partial charge in [0.1, 0.15) is 0 Å². The molecule has 0 aliphatic rings. The van der Waals surface area contributed by atoms with E-state index < -0.39 is 0 Å². The van der Waals surface area contributed by atoms with Crippen LogP contribution in [0.3, 0.4) is 0 Å². The number of aromatic nitrogens is 1. The zero-order chi connectivity index (χ0) is 14.4. The van der Waals surface area contributed by atoms with Gasteiger partial charge in [-0.25, -0.2) is 10.4 Å². The predicted octanol–water partition coefficient (Wildman–Crippen LogP) is 3.68. The molecule has 0 bridgehead atoms. The van der Waals surface area contributed by atoms with Crippen LogP contribution in [0, 0.1) is 0 Å². The summed E-state index contributed by atoms with van der Waals surface area (Å²) in [6.07, 6.45) is 1.73. The lowest BCUT2D eigenvalue weighted by atomic mass is 10.2. The lowest BCUT2D eigenvalue weighted by Gasteiger charge is -2.01. The zero-order valence-corrected chi connectivity index (χ0v) is 13.2. The summed E-state index contributed by atoms with van der Waals surface area (Å²) in [5.41, 5.74) is 4.58. The normalized spacial score (nSPS) is 10.5. The third-order valence-electron chi connectivity index (χ3n) is 2.76. The second-order valence-electron chi connectivity index (χ2n) is 4.16. The molecule has 0 radical (unpaired) electrons. The molecule has 1 amide bonds. The summed E-state index contributed by atoms with van der Waals surface area (Å²) in [5, 5.41) is 4.10. The summed E-state index contributed by atoms with van der Waals surface area (Å²) in [7, 11) is 0. The number of amides is 1. The zero-order valence-electron chi connectivity index (χ0n) is 11.5. The van der Waals surface area contributed by atoms with Gasteiger partial charge in [-0.15, -0.1) is 11.3 Å².